The standard InChI is InChI=1S/C21H19N5O/c27-21(17-12-14-22-15-13-17)23-20(11-10-16-6-2-1-3-7-16)26-19-9-5-4-8-18(19)24-25-26/h1-9,12-15,20H,10-11H2,(H,23,27). The molecule has 6 heteroatoms. The van der Waals surface area contributed by atoms with Gasteiger partial charge < -0.3 is 5.32 Å². The fraction of sp³-hybridized carbons (Fsp3) is 0.143. The Morgan fingerprint density at radius 2 is 1.70 bits per heavy atom. The predicted octanol–water partition coefficient (Wildman–Crippen LogP) is 3.39. The average Bonchev–Trinajstić information content (AvgIpc) is 3.16. The molecule has 6 nitrogen and oxygen atoms in total. The van der Waals surface area contributed by atoms with Crippen molar-refractivity contribution in [2.45, 2.75) is 19.0 Å². The first-order chi connectivity index (χ1) is 13.3. The molecule has 2 aromatic heterocycles. The summed E-state index contributed by atoms with van der Waals surface area (Å²) in [4.78, 5) is 16.7. The Morgan fingerprint density at radius 3 is 2.52 bits per heavy atom. The zero-order valence-electron chi connectivity index (χ0n) is 14.7. The summed E-state index contributed by atoms with van der Waals surface area (Å²) in [7, 11) is 0. The van der Waals surface area contributed by atoms with Gasteiger partial charge >= 0.3 is 0 Å². The predicted molar refractivity (Wildman–Crippen MR) is 103 cm³/mol. The van der Waals surface area contributed by atoms with Crippen molar-refractivity contribution in [2.24, 2.45) is 0 Å². The highest BCUT2D eigenvalue weighted by Crippen LogP contribution is 2.19. The Balaban J connectivity index is 1.61. The van der Waals surface area contributed by atoms with Crippen LogP contribution >= 0.6 is 0 Å². The molecule has 2 aromatic carbocycles. The second kappa shape index (κ2) is 7.78. The summed E-state index contributed by atoms with van der Waals surface area (Å²) in [6.07, 6.45) is 4.43. The van der Waals surface area contributed by atoms with Gasteiger partial charge in [0.15, 0.2) is 0 Å². The summed E-state index contributed by atoms with van der Waals surface area (Å²) < 4.78 is 1.79. The molecule has 0 saturated carbocycles. The second-order valence-electron chi connectivity index (χ2n) is 6.27. The number of hydrogen-bond donors (Lipinski definition) is 1. The number of para-hydroxylation sites is 1. The van der Waals surface area contributed by atoms with Crippen LogP contribution in [0.3, 0.4) is 0 Å². The molecule has 0 aliphatic rings. The monoisotopic (exact) mass is 357 g/mol. The van der Waals surface area contributed by atoms with E-state index < -0.39 is 0 Å². The smallest absolute Gasteiger partial charge is 0.253 e. The van der Waals surface area contributed by atoms with Crippen molar-refractivity contribution in [3.8, 4) is 0 Å². The number of rotatable bonds is 6. The van der Waals surface area contributed by atoms with Gasteiger partial charge in [0.2, 0.25) is 0 Å². The lowest BCUT2D eigenvalue weighted by Crippen LogP contribution is -2.33. The normalized spacial score (nSPS) is 12.0. The van der Waals surface area contributed by atoms with Crippen molar-refractivity contribution < 1.29 is 4.79 Å². The fourth-order valence-corrected chi connectivity index (χ4v) is 3.06. The maximum atomic E-state index is 12.7. The number of nitrogens with zero attached hydrogens (tertiary/aromatic N) is 4. The number of aryl methyl sites for hydroxylation is 1. The van der Waals surface area contributed by atoms with Gasteiger partial charge in [-0.3, -0.25) is 9.78 Å². The molecule has 4 aromatic rings. The van der Waals surface area contributed by atoms with Gasteiger partial charge in [-0.1, -0.05) is 47.7 Å². The van der Waals surface area contributed by atoms with E-state index in [4.69, 9.17) is 0 Å². The van der Waals surface area contributed by atoms with Crippen LogP contribution in [0.2, 0.25) is 0 Å². The van der Waals surface area contributed by atoms with Crippen LogP contribution in [0.15, 0.2) is 79.1 Å². The van der Waals surface area contributed by atoms with Gasteiger partial charge in [0.05, 0.1) is 5.52 Å². The molecule has 134 valence electrons. The lowest BCUT2D eigenvalue weighted by atomic mass is 10.1. The highest BCUT2D eigenvalue weighted by atomic mass is 16.1. The molecule has 2 heterocycles. The van der Waals surface area contributed by atoms with Crippen LogP contribution in [0.1, 0.15) is 28.5 Å². The first-order valence-corrected chi connectivity index (χ1v) is 8.86. The van der Waals surface area contributed by atoms with Crippen LogP contribution in [0.25, 0.3) is 11.0 Å². The molecule has 0 bridgehead atoms. The number of nitrogens with one attached hydrogen (secondary N) is 1. The third-order valence-corrected chi connectivity index (χ3v) is 4.46. The molecule has 0 saturated heterocycles. The van der Waals surface area contributed by atoms with Gasteiger partial charge in [-0.05, 0) is 42.7 Å². The highest BCUT2D eigenvalue weighted by molar-refractivity contribution is 5.94. The lowest BCUT2D eigenvalue weighted by Gasteiger charge is -2.19. The number of carbonyl (C=O) groups is 1. The lowest BCUT2D eigenvalue weighted by molar-refractivity contribution is 0.0913. The van der Waals surface area contributed by atoms with Crippen molar-refractivity contribution in [1.29, 1.82) is 0 Å². The van der Waals surface area contributed by atoms with E-state index in [2.05, 4.69) is 32.7 Å². The van der Waals surface area contributed by atoms with E-state index in [0.717, 1.165) is 17.5 Å². The van der Waals surface area contributed by atoms with Crippen molar-refractivity contribution in [3.63, 3.8) is 0 Å². The average molecular weight is 357 g/mol. The van der Waals surface area contributed by atoms with E-state index in [1.54, 1.807) is 29.2 Å². The zero-order valence-corrected chi connectivity index (χ0v) is 14.7. The number of hydrogen-bond acceptors (Lipinski definition) is 4. The van der Waals surface area contributed by atoms with E-state index in [0.29, 0.717) is 12.0 Å². The summed E-state index contributed by atoms with van der Waals surface area (Å²) in [5.74, 6) is -0.157. The molecule has 0 fully saturated rings. The van der Waals surface area contributed by atoms with E-state index in [-0.39, 0.29) is 12.1 Å². The molecular formula is C21H19N5O. The molecule has 1 amide bonds. The SMILES string of the molecule is O=C(NC(CCc1ccccc1)n1nnc2ccccc21)c1ccncc1. The topological polar surface area (TPSA) is 72.7 Å². The molecule has 27 heavy (non-hydrogen) atoms. The molecule has 1 unspecified atom stereocenters. The number of aromatic nitrogens is 4. The van der Waals surface area contributed by atoms with Gasteiger partial charge in [0.1, 0.15) is 11.7 Å². The van der Waals surface area contributed by atoms with Gasteiger partial charge in [-0.15, -0.1) is 5.10 Å². The van der Waals surface area contributed by atoms with Crippen molar-refractivity contribution in [2.75, 3.05) is 0 Å². The molecule has 0 radical (unpaired) electrons. The largest absolute Gasteiger partial charge is 0.330 e. The maximum Gasteiger partial charge on any atom is 0.253 e. The summed E-state index contributed by atoms with van der Waals surface area (Å²) >= 11 is 0. The molecular weight excluding hydrogens is 338 g/mol. The molecule has 0 aliphatic carbocycles. The van der Waals surface area contributed by atoms with Crippen LogP contribution in [0.5, 0.6) is 0 Å². The molecule has 4 rings (SSSR count). The van der Waals surface area contributed by atoms with Crippen molar-refractivity contribution in [1.82, 2.24) is 25.3 Å². The summed E-state index contributed by atoms with van der Waals surface area (Å²) in [6.45, 7) is 0. The summed E-state index contributed by atoms with van der Waals surface area (Å²) in [5, 5.41) is 11.6. The van der Waals surface area contributed by atoms with E-state index in [1.165, 1.54) is 5.56 Å². The third-order valence-electron chi connectivity index (χ3n) is 4.46. The van der Waals surface area contributed by atoms with Crippen LogP contribution in [0.4, 0.5) is 0 Å². The minimum absolute atomic E-state index is 0.157. The summed E-state index contributed by atoms with van der Waals surface area (Å²) in [6, 6.07) is 21.3. The number of benzene rings is 2. The molecule has 0 aliphatic heterocycles. The van der Waals surface area contributed by atoms with Gasteiger partial charge in [0.25, 0.3) is 5.91 Å². The highest BCUT2D eigenvalue weighted by Gasteiger charge is 2.19. The Morgan fingerprint density at radius 1 is 0.963 bits per heavy atom. The third kappa shape index (κ3) is 3.84. The molecule has 1 N–H and O–H groups in total. The Bertz CT molecular complexity index is 1030. The Kier molecular flexibility index (Phi) is 4.87. The van der Waals surface area contributed by atoms with E-state index in [1.807, 2.05) is 42.5 Å². The first kappa shape index (κ1) is 16.9. The molecule has 0 spiro atoms. The van der Waals surface area contributed by atoms with Gasteiger partial charge in [-0.2, -0.15) is 0 Å². The number of carbonyl (C=O) groups excluding carboxylic acids is 1. The minimum atomic E-state index is -0.307. The Hall–Kier alpha value is -3.54. The first-order valence-electron chi connectivity index (χ1n) is 8.86. The second-order valence-corrected chi connectivity index (χ2v) is 6.27. The molecule has 1 atom stereocenters. The van der Waals surface area contributed by atoms with Gasteiger partial charge in [0, 0.05) is 18.0 Å². The van der Waals surface area contributed by atoms with Crippen molar-refractivity contribution in [3.05, 3.63) is 90.3 Å². The number of amides is 1. The van der Waals surface area contributed by atoms with Crippen LogP contribution in [0, 0.1) is 0 Å². The zero-order chi connectivity index (χ0) is 18.5. The number of fused-ring (bicyclic) bond motifs is 1. The maximum absolute atomic E-state index is 12.7. The summed E-state index contributed by atoms with van der Waals surface area (Å²) in [5.41, 5.74) is 3.48. The van der Waals surface area contributed by atoms with Crippen LogP contribution < -0.4 is 5.32 Å². The van der Waals surface area contributed by atoms with Crippen LogP contribution in [-0.2, 0) is 6.42 Å². The quantitative estimate of drug-likeness (QED) is 0.574. The van der Waals surface area contributed by atoms with Crippen LogP contribution in [-0.4, -0.2) is 25.9 Å². The fourth-order valence-electron chi connectivity index (χ4n) is 3.06. The van der Waals surface area contributed by atoms with Gasteiger partial charge in [-0.25, -0.2) is 4.68 Å². The number of pyridine rings is 1. The Labute approximate surface area is 156 Å². The minimum Gasteiger partial charge on any atom is -0.330 e. The van der Waals surface area contributed by atoms with E-state index >= 15 is 0 Å². The van der Waals surface area contributed by atoms with Crippen molar-refractivity contribution >= 4 is 16.9 Å². The van der Waals surface area contributed by atoms with E-state index in [9.17, 15) is 4.79 Å².